The summed E-state index contributed by atoms with van der Waals surface area (Å²) in [4.78, 5) is 27.4. The van der Waals surface area contributed by atoms with Crippen LogP contribution in [0, 0.1) is 10.1 Å². The zero-order chi connectivity index (χ0) is 21.3. The van der Waals surface area contributed by atoms with Gasteiger partial charge < -0.3 is 14.5 Å². The molecule has 1 heterocycles. The number of aryl methyl sites for hydroxylation is 1. The molecule has 0 radical (unpaired) electrons. The largest absolute Gasteiger partial charge is 0.497 e. The first-order valence-corrected chi connectivity index (χ1v) is 10.4. The molecule has 7 nitrogen and oxygen atoms in total. The maximum absolute atomic E-state index is 12.6. The molecule has 0 N–H and O–H groups in total. The monoisotopic (exact) mass is 411 g/mol. The highest BCUT2D eigenvalue weighted by Gasteiger charge is 2.19. The molecule has 1 saturated heterocycles. The molecule has 2 aromatic rings. The Labute approximate surface area is 177 Å². The zero-order valence-electron chi connectivity index (χ0n) is 17.5. The van der Waals surface area contributed by atoms with Crippen molar-refractivity contribution in [1.82, 2.24) is 9.80 Å². The number of carbonyl (C=O) groups is 1. The molecule has 1 aliphatic heterocycles. The van der Waals surface area contributed by atoms with Crippen LogP contribution >= 0.6 is 0 Å². The molecular formula is C23H29N3O4. The van der Waals surface area contributed by atoms with E-state index in [9.17, 15) is 14.9 Å². The van der Waals surface area contributed by atoms with Gasteiger partial charge in [-0.2, -0.15) is 0 Å². The Bertz CT molecular complexity index is 837. The smallest absolute Gasteiger partial charge is 0.269 e. The molecule has 0 atom stereocenters. The molecule has 7 heteroatoms. The van der Waals surface area contributed by atoms with Crippen molar-refractivity contribution in [2.24, 2.45) is 0 Å². The number of nitro groups is 1. The predicted octanol–water partition coefficient (Wildman–Crippen LogP) is 3.31. The number of nitro benzene ring substituents is 1. The van der Waals surface area contributed by atoms with Gasteiger partial charge in [0.25, 0.3) is 5.69 Å². The number of carbonyl (C=O) groups excluding carboxylic acids is 1. The maximum atomic E-state index is 12.6. The van der Waals surface area contributed by atoms with Crippen LogP contribution in [0.5, 0.6) is 5.75 Å². The number of hydrogen-bond donors (Lipinski definition) is 0. The van der Waals surface area contributed by atoms with E-state index in [2.05, 4.69) is 4.90 Å². The lowest BCUT2D eigenvalue weighted by Gasteiger charge is -2.22. The molecule has 0 spiro atoms. The molecule has 3 rings (SSSR count). The first-order chi connectivity index (χ1) is 14.5. The average Bonchev–Trinajstić information content (AvgIpc) is 3.02. The van der Waals surface area contributed by atoms with Crippen molar-refractivity contribution in [3.05, 3.63) is 69.8 Å². The van der Waals surface area contributed by atoms with Gasteiger partial charge in [0.15, 0.2) is 0 Å². The molecule has 0 aromatic heterocycles. The van der Waals surface area contributed by atoms with Crippen molar-refractivity contribution >= 4 is 11.6 Å². The van der Waals surface area contributed by atoms with Crippen molar-refractivity contribution in [3.8, 4) is 5.75 Å². The molecule has 160 valence electrons. The molecule has 0 unspecified atom stereocenters. The summed E-state index contributed by atoms with van der Waals surface area (Å²) in [6.07, 6.45) is 3.08. The van der Waals surface area contributed by atoms with Crippen LogP contribution in [0.1, 0.15) is 24.0 Å². The van der Waals surface area contributed by atoms with Crippen LogP contribution in [-0.4, -0.2) is 60.5 Å². The van der Waals surface area contributed by atoms with E-state index in [4.69, 9.17) is 4.74 Å². The second-order valence-electron chi connectivity index (χ2n) is 7.60. The van der Waals surface area contributed by atoms with E-state index >= 15 is 0 Å². The average molecular weight is 412 g/mol. The van der Waals surface area contributed by atoms with Gasteiger partial charge in [-0.05, 0) is 49.1 Å². The molecule has 0 bridgehead atoms. The van der Waals surface area contributed by atoms with Crippen molar-refractivity contribution in [1.29, 1.82) is 0 Å². The first kappa shape index (κ1) is 21.8. The number of amides is 1. The lowest BCUT2D eigenvalue weighted by molar-refractivity contribution is -0.384. The van der Waals surface area contributed by atoms with Crippen LogP contribution in [0.4, 0.5) is 5.69 Å². The predicted molar refractivity (Wildman–Crippen MR) is 116 cm³/mol. The van der Waals surface area contributed by atoms with E-state index in [1.807, 2.05) is 41.3 Å². The summed E-state index contributed by atoms with van der Waals surface area (Å²) in [5, 5.41) is 10.8. The van der Waals surface area contributed by atoms with Crippen molar-refractivity contribution < 1.29 is 14.5 Å². The van der Waals surface area contributed by atoms with E-state index < -0.39 is 0 Å². The Balaban J connectivity index is 1.42. The van der Waals surface area contributed by atoms with Gasteiger partial charge in [-0.15, -0.1) is 0 Å². The third kappa shape index (κ3) is 6.29. The van der Waals surface area contributed by atoms with Crippen molar-refractivity contribution in [2.75, 3.05) is 39.8 Å². The van der Waals surface area contributed by atoms with Crippen LogP contribution in [0.25, 0.3) is 0 Å². The number of non-ortho nitro benzene ring substituents is 1. The highest BCUT2D eigenvalue weighted by atomic mass is 16.6. The van der Waals surface area contributed by atoms with Gasteiger partial charge in [0.05, 0.1) is 12.0 Å². The lowest BCUT2D eigenvalue weighted by atomic mass is 10.1. The fraction of sp³-hybridized carbons (Fsp3) is 0.435. The Morgan fingerprint density at radius 2 is 1.63 bits per heavy atom. The van der Waals surface area contributed by atoms with Gasteiger partial charge in [-0.3, -0.25) is 14.9 Å². The van der Waals surface area contributed by atoms with Crippen molar-refractivity contribution in [2.45, 2.75) is 25.7 Å². The van der Waals surface area contributed by atoms with E-state index in [0.29, 0.717) is 6.42 Å². The second-order valence-corrected chi connectivity index (χ2v) is 7.60. The van der Waals surface area contributed by atoms with Gasteiger partial charge in [0.2, 0.25) is 5.91 Å². The van der Waals surface area contributed by atoms with Crippen LogP contribution in [0.3, 0.4) is 0 Å². The summed E-state index contributed by atoms with van der Waals surface area (Å²) in [6.45, 7) is 4.28. The van der Waals surface area contributed by atoms with E-state index in [-0.39, 0.29) is 16.5 Å². The highest BCUT2D eigenvalue weighted by molar-refractivity contribution is 5.76. The summed E-state index contributed by atoms with van der Waals surface area (Å²) >= 11 is 0. The molecule has 0 saturated carbocycles. The summed E-state index contributed by atoms with van der Waals surface area (Å²) in [5.41, 5.74) is 2.36. The maximum Gasteiger partial charge on any atom is 0.269 e. The van der Waals surface area contributed by atoms with Gasteiger partial charge in [0.1, 0.15) is 5.75 Å². The van der Waals surface area contributed by atoms with E-state index in [1.54, 1.807) is 19.2 Å². The zero-order valence-corrected chi connectivity index (χ0v) is 17.5. The Morgan fingerprint density at radius 1 is 0.967 bits per heavy atom. The summed E-state index contributed by atoms with van der Waals surface area (Å²) in [6, 6.07) is 14.6. The minimum atomic E-state index is -0.376. The highest BCUT2D eigenvalue weighted by Crippen LogP contribution is 2.15. The molecule has 0 aliphatic carbocycles. The SMILES string of the molecule is COc1ccc(CCC(=O)N2CCCN(CCc3ccc([N+](=O)[O-])cc3)CC2)cc1. The van der Waals surface area contributed by atoms with E-state index in [1.165, 1.54) is 0 Å². The number of nitrogens with zero attached hydrogens (tertiary/aromatic N) is 3. The standard InChI is InChI=1S/C23H29N3O4/c1-30-22-10-5-19(6-11-22)7-12-23(27)25-15-2-14-24(17-18-25)16-13-20-3-8-21(9-4-20)26(28)29/h3-6,8-11H,2,7,12-18H2,1H3. The summed E-state index contributed by atoms with van der Waals surface area (Å²) in [7, 11) is 1.65. The normalized spacial score (nSPS) is 14.9. The van der Waals surface area contributed by atoms with Crippen molar-refractivity contribution in [3.63, 3.8) is 0 Å². The topological polar surface area (TPSA) is 75.9 Å². The number of rotatable bonds is 8. The molecule has 1 aliphatic rings. The minimum absolute atomic E-state index is 0.123. The molecule has 1 fully saturated rings. The quantitative estimate of drug-likeness (QED) is 0.492. The summed E-state index contributed by atoms with van der Waals surface area (Å²) in [5.74, 6) is 1.04. The number of benzene rings is 2. The van der Waals surface area contributed by atoms with Crippen LogP contribution < -0.4 is 4.74 Å². The Morgan fingerprint density at radius 3 is 2.30 bits per heavy atom. The number of ether oxygens (including phenoxy) is 1. The van der Waals surface area contributed by atoms with Gasteiger partial charge in [-0.1, -0.05) is 24.3 Å². The van der Waals surface area contributed by atoms with Gasteiger partial charge >= 0.3 is 0 Å². The Hall–Kier alpha value is -2.93. The number of hydrogen-bond acceptors (Lipinski definition) is 5. The van der Waals surface area contributed by atoms with E-state index in [0.717, 1.165) is 68.9 Å². The first-order valence-electron chi connectivity index (χ1n) is 10.4. The third-order valence-electron chi connectivity index (χ3n) is 5.59. The van der Waals surface area contributed by atoms with Crippen LogP contribution in [-0.2, 0) is 17.6 Å². The fourth-order valence-electron chi connectivity index (χ4n) is 3.72. The van der Waals surface area contributed by atoms with Gasteiger partial charge in [0, 0.05) is 44.7 Å². The molecule has 2 aromatic carbocycles. The Kier molecular flexibility index (Phi) is 7.79. The number of methoxy groups -OCH3 is 1. The van der Waals surface area contributed by atoms with Gasteiger partial charge in [-0.25, -0.2) is 0 Å². The molecule has 1 amide bonds. The lowest BCUT2D eigenvalue weighted by Crippen LogP contribution is -2.35. The second kappa shape index (κ2) is 10.7. The third-order valence-corrected chi connectivity index (χ3v) is 5.59. The minimum Gasteiger partial charge on any atom is -0.497 e. The molecule has 30 heavy (non-hydrogen) atoms. The van der Waals surface area contributed by atoms with Crippen LogP contribution in [0.15, 0.2) is 48.5 Å². The fourth-order valence-corrected chi connectivity index (χ4v) is 3.72. The van der Waals surface area contributed by atoms with Crippen LogP contribution in [0.2, 0.25) is 0 Å². The summed E-state index contributed by atoms with van der Waals surface area (Å²) < 4.78 is 5.17. The molecular weight excluding hydrogens is 382 g/mol.